The topological polar surface area (TPSA) is 44.8 Å². The van der Waals surface area contributed by atoms with Gasteiger partial charge in [0.1, 0.15) is 11.5 Å². The number of carbonyl (C=O) groups is 1. The molecule has 0 amide bonds. The molecule has 4 nitrogen and oxygen atoms in total. The predicted molar refractivity (Wildman–Crippen MR) is 98.3 cm³/mol. The Labute approximate surface area is 149 Å². The first kappa shape index (κ1) is 19.0. The van der Waals surface area contributed by atoms with Gasteiger partial charge in [0.15, 0.2) is 0 Å². The number of hydrogen-bond donors (Lipinski definition) is 0. The van der Waals surface area contributed by atoms with Crippen molar-refractivity contribution in [3.05, 3.63) is 59.7 Å². The van der Waals surface area contributed by atoms with Crippen LogP contribution in [0.4, 0.5) is 0 Å². The molecule has 4 heteroatoms. The maximum atomic E-state index is 12.2. The standard InChI is InChI=1S/C21H26O4/c1-4-14-23-16(3)17-6-12-20(13-7-17)25-21(22)18-8-10-19(11-9-18)24-15-5-2/h6-13,16H,4-5,14-15H2,1-3H3. The van der Waals surface area contributed by atoms with Crippen molar-refractivity contribution in [2.45, 2.75) is 39.7 Å². The summed E-state index contributed by atoms with van der Waals surface area (Å²) in [6, 6.07) is 14.4. The van der Waals surface area contributed by atoms with Crippen molar-refractivity contribution in [1.29, 1.82) is 0 Å². The van der Waals surface area contributed by atoms with Crippen LogP contribution in [0.1, 0.15) is 55.6 Å². The van der Waals surface area contributed by atoms with Crippen LogP contribution in [0.2, 0.25) is 0 Å². The van der Waals surface area contributed by atoms with Gasteiger partial charge >= 0.3 is 5.97 Å². The molecule has 2 rings (SSSR count). The summed E-state index contributed by atoms with van der Waals surface area (Å²) in [6.45, 7) is 7.54. The van der Waals surface area contributed by atoms with Crippen LogP contribution in [0.15, 0.2) is 48.5 Å². The van der Waals surface area contributed by atoms with Crippen molar-refractivity contribution in [2.24, 2.45) is 0 Å². The van der Waals surface area contributed by atoms with Gasteiger partial charge in [-0.15, -0.1) is 0 Å². The van der Waals surface area contributed by atoms with E-state index >= 15 is 0 Å². The average molecular weight is 342 g/mol. The summed E-state index contributed by atoms with van der Waals surface area (Å²) < 4.78 is 16.6. The minimum Gasteiger partial charge on any atom is -0.494 e. The van der Waals surface area contributed by atoms with Crippen LogP contribution in [0.5, 0.6) is 11.5 Å². The molecule has 0 aliphatic rings. The molecule has 1 unspecified atom stereocenters. The monoisotopic (exact) mass is 342 g/mol. The highest BCUT2D eigenvalue weighted by molar-refractivity contribution is 5.91. The Morgan fingerprint density at radius 3 is 2.08 bits per heavy atom. The van der Waals surface area contributed by atoms with Gasteiger partial charge < -0.3 is 14.2 Å². The average Bonchev–Trinajstić information content (AvgIpc) is 2.65. The second-order valence-electron chi connectivity index (χ2n) is 5.84. The molecule has 0 radical (unpaired) electrons. The minimum absolute atomic E-state index is 0.0281. The molecule has 0 saturated heterocycles. The highest BCUT2D eigenvalue weighted by Gasteiger charge is 2.10. The minimum atomic E-state index is -0.384. The lowest BCUT2D eigenvalue weighted by molar-refractivity contribution is 0.0662. The molecule has 2 aromatic rings. The Morgan fingerprint density at radius 2 is 1.48 bits per heavy atom. The molecule has 0 N–H and O–H groups in total. The largest absolute Gasteiger partial charge is 0.494 e. The molecule has 134 valence electrons. The van der Waals surface area contributed by atoms with Crippen molar-refractivity contribution in [1.82, 2.24) is 0 Å². The molecule has 0 saturated carbocycles. The summed E-state index contributed by atoms with van der Waals surface area (Å²) >= 11 is 0. The van der Waals surface area contributed by atoms with Gasteiger partial charge in [0.25, 0.3) is 0 Å². The lowest BCUT2D eigenvalue weighted by Gasteiger charge is -2.13. The molecule has 0 heterocycles. The Hall–Kier alpha value is -2.33. The Balaban J connectivity index is 1.93. The predicted octanol–water partition coefficient (Wildman–Crippen LogP) is 5.18. The first-order chi connectivity index (χ1) is 12.1. The molecule has 25 heavy (non-hydrogen) atoms. The fourth-order valence-corrected chi connectivity index (χ4v) is 2.27. The van der Waals surface area contributed by atoms with Crippen molar-refractivity contribution in [3.8, 4) is 11.5 Å². The number of carbonyl (C=O) groups excluding carboxylic acids is 1. The van der Waals surface area contributed by atoms with E-state index in [1.165, 1.54) is 0 Å². The van der Waals surface area contributed by atoms with Gasteiger partial charge in [-0.1, -0.05) is 26.0 Å². The van der Waals surface area contributed by atoms with Crippen LogP contribution in [0.3, 0.4) is 0 Å². The third-order valence-corrected chi connectivity index (χ3v) is 3.69. The van der Waals surface area contributed by atoms with Gasteiger partial charge in [-0.2, -0.15) is 0 Å². The molecule has 0 spiro atoms. The molecule has 0 bridgehead atoms. The Bertz CT molecular complexity index is 647. The van der Waals surface area contributed by atoms with Gasteiger partial charge in [0.2, 0.25) is 0 Å². The highest BCUT2D eigenvalue weighted by atomic mass is 16.5. The van der Waals surface area contributed by atoms with Gasteiger partial charge in [0.05, 0.1) is 18.3 Å². The SMILES string of the molecule is CCCOc1ccc(C(=O)Oc2ccc(C(C)OCCC)cc2)cc1. The first-order valence-corrected chi connectivity index (χ1v) is 8.80. The smallest absolute Gasteiger partial charge is 0.343 e. The zero-order valence-corrected chi connectivity index (χ0v) is 15.2. The van der Waals surface area contributed by atoms with E-state index in [1.807, 2.05) is 26.0 Å². The van der Waals surface area contributed by atoms with Crippen LogP contribution < -0.4 is 9.47 Å². The van der Waals surface area contributed by atoms with Crippen LogP contribution in [0, 0.1) is 0 Å². The molecule has 2 aromatic carbocycles. The van der Waals surface area contributed by atoms with Gasteiger partial charge in [-0.3, -0.25) is 0 Å². The molecule has 0 aromatic heterocycles. The van der Waals surface area contributed by atoms with Gasteiger partial charge in [-0.05, 0) is 61.7 Å². The maximum absolute atomic E-state index is 12.2. The first-order valence-electron chi connectivity index (χ1n) is 8.80. The molecular weight excluding hydrogens is 316 g/mol. The Kier molecular flexibility index (Phi) is 7.48. The zero-order chi connectivity index (χ0) is 18.1. The number of hydrogen-bond acceptors (Lipinski definition) is 4. The summed E-state index contributed by atoms with van der Waals surface area (Å²) in [5.41, 5.74) is 1.55. The normalized spacial score (nSPS) is 11.8. The zero-order valence-electron chi connectivity index (χ0n) is 15.2. The van der Waals surface area contributed by atoms with Gasteiger partial charge in [0, 0.05) is 6.61 Å². The van der Waals surface area contributed by atoms with Crippen LogP contribution >= 0.6 is 0 Å². The number of benzene rings is 2. The van der Waals surface area contributed by atoms with E-state index in [0.717, 1.165) is 30.8 Å². The summed E-state index contributed by atoms with van der Waals surface area (Å²) in [5.74, 6) is 0.886. The Morgan fingerprint density at radius 1 is 0.880 bits per heavy atom. The van der Waals surface area contributed by atoms with E-state index in [4.69, 9.17) is 14.2 Å². The molecule has 0 aliphatic heterocycles. The quantitative estimate of drug-likeness (QED) is 0.465. The van der Waals surface area contributed by atoms with Crippen molar-refractivity contribution in [2.75, 3.05) is 13.2 Å². The van der Waals surface area contributed by atoms with Crippen molar-refractivity contribution >= 4 is 5.97 Å². The van der Waals surface area contributed by atoms with Crippen molar-refractivity contribution in [3.63, 3.8) is 0 Å². The molecular formula is C21H26O4. The summed E-state index contributed by atoms with van der Waals surface area (Å²) in [7, 11) is 0. The molecule has 1 atom stereocenters. The third kappa shape index (κ3) is 5.91. The second kappa shape index (κ2) is 9.84. The third-order valence-electron chi connectivity index (χ3n) is 3.69. The lowest BCUT2D eigenvalue weighted by atomic mass is 10.1. The molecule has 0 aliphatic carbocycles. The number of ether oxygens (including phenoxy) is 3. The lowest BCUT2D eigenvalue weighted by Crippen LogP contribution is -2.08. The molecule has 0 fully saturated rings. The van der Waals surface area contributed by atoms with Crippen LogP contribution in [0.25, 0.3) is 0 Å². The van der Waals surface area contributed by atoms with Gasteiger partial charge in [-0.25, -0.2) is 4.79 Å². The van der Waals surface area contributed by atoms with E-state index in [-0.39, 0.29) is 12.1 Å². The van der Waals surface area contributed by atoms with E-state index in [0.29, 0.717) is 17.9 Å². The van der Waals surface area contributed by atoms with Crippen LogP contribution in [-0.2, 0) is 4.74 Å². The highest BCUT2D eigenvalue weighted by Crippen LogP contribution is 2.21. The van der Waals surface area contributed by atoms with E-state index in [9.17, 15) is 4.79 Å². The number of rotatable bonds is 9. The van der Waals surface area contributed by atoms with Crippen molar-refractivity contribution < 1.29 is 19.0 Å². The van der Waals surface area contributed by atoms with E-state index in [2.05, 4.69) is 6.92 Å². The summed E-state index contributed by atoms with van der Waals surface area (Å²) in [4.78, 5) is 12.2. The summed E-state index contributed by atoms with van der Waals surface area (Å²) in [6.07, 6.45) is 1.96. The van der Waals surface area contributed by atoms with E-state index in [1.54, 1.807) is 36.4 Å². The fraction of sp³-hybridized carbons (Fsp3) is 0.381. The number of esters is 1. The summed E-state index contributed by atoms with van der Waals surface area (Å²) in [5, 5.41) is 0. The fourth-order valence-electron chi connectivity index (χ4n) is 2.27. The van der Waals surface area contributed by atoms with Crippen LogP contribution in [-0.4, -0.2) is 19.2 Å². The maximum Gasteiger partial charge on any atom is 0.343 e. The second-order valence-corrected chi connectivity index (χ2v) is 5.84. The van der Waals surface area contributed by atoms with E-state index < -0.39 is 0 Å².